The van der Waals surface area contributed by atoms with E-state index in [0.717, 1.165) is 22.2 Å². The van der Waals surface area contributed by atoms with Crippen LogP contribution in [-0.2, 0) is 4.74 Å². The summed E-state index contributed by atoms with van der Waals surface area (Å²) in [6.07, 6.45) is -0.691. The van der Waals surface area contributed by atoms with Gasteiger partial charge in [0.05, 0.1) is 18.8 Å². The Kier molecular flexibility index (Phi) is 6.90. The predicted octanol–water partition coefficient (Wildman–Crippen LogP) is 3.20. The lowest BCUT2D eigenvalue weighted by Gasteiger charge is -2.13. The molecule has 1 atom stereocenters. The summed E-state index contributed by atoms with van der Waals surface area (Å²) in [4.78, 5) is 11.4. The molecular formula is C21H23N3O4S. The molecule has 0 radical (unpaired) electrons. The Bertz CT molecular complexity index is 972. The molecule has 0 saturated heterocycles. The number of nitrogens with zero attached hydrogens (tertiary/aromatic N) is 3. The first-order valence-corrected chi connectivity index (χ1v) is 10.1. The fourth-order valence-electron chi connectivity index (χ4n) is 2.72. The van der Waals surface area contributed by atoms with Crippen LogP contribution < -0.4 is 4.74 Å². The van der Waals surface area contributed by atoms with Gasteiger partial charge < -0.3 is 14.6 Å². The molecule has 1 N–H and O–H groups in total. The van der Waals surface area contributed by atoms with E-state index in [0.29, 0.717) is 17.1 Å². The highest BCUT2D eigenvalue weighted by Gasteiger charge is 2.14. The lowest BCUT2D eigenvalue weighted by Crippen LogP contribution is -2.20. The number of aromatic nitrogens is 3. The topological polar surface area (TPSA) is 86.5 Å². The van der Waals surface area contributed by atoms with Crippen molar-refractivity contribution in [1.29, 1.82) is 0 Å². The van der Waals surface area contributed by atoms with Crippen molar-refractivity contribution in [2.24, 2.45) is 0 Å². The summed E-state index contributed by atoms with van der Waals surface area (Å²) >= 11 is 1.42. The molecule has 0 aliphatic heterocycles. The van der Waals surface area contributed by atoms with Gasteiger partial charge in [-0.05, 0) is 55.8 Å². The van der Waals surface area contributed by atoms with E-state index in [1.807, 2.05) is 36.6 Å². The Morgan fingerprint density at radius 2 is 1.93 bits per heavy atom. The van der Waals surface area contributed by atoms with Crippen LogP contribution in [0.1, 0.15) is 21.7 Å². The average molecular weight is 413 g/mol. The standard InChI is InChI=1S/C21H23N3O4S/c1-14-5-4-6-17(11-14)24-15(2)22-23-21(24)29-13-18(25)12-28-19-9-7-16(8-10-19)20(26)27-3/h4-11,18,25H,12-13H2,1-3H3/t18-/m0/s1. The molecule has 2 aromatic carbocycles. The van der Waals surface area contributed by atoms with Gasteiger partial charge in [0.25, 0.3) is 0 Å². The van der Waals surface area contributed by atoms with E-state index in [1.165, 1.54) is 18.9 Å². The van der Waals surface area contributed by atoms with Crippen molar-refractivity contribution in [1.82, 2.24) is 14.8 Å². The summed E-state index contributed by atoms with van der Waals surface area (Å²) in [5, 5.41) is 19.4. The quantitative estimate of drug-likeness (QED) is 0.448. The Balaban J connectivity index is 1.56. The van der Waals surface area contributed by atoms with Crippen LogP contribution in [0.2, 0.25) is 0 Å². The number of aliphatic hydroxyl groups is 1. The van der Waals surface area contributed by atoms with Crippen molar-refractivity contribution < 1.29 is 19.4 Å². The molecule has 0 unspecified atom stereocenters. The van der Waals surface area contributed by atoms with Gasteiger partial charge in [-0.25, -0.2) is 4.79 Å². The van der Waals surface area contributed by atoms with Crippen LogP contribution in [0.3, 0.4) is 0 Å². The van der Waals surface area contributed by atoms with E-state index in [9.17, 15) is 9.90 Å². The third-order valence-electron chi connectivity index (χ3n) is 4.18. The summed E-state index contributed by atoms with van der Waals surface area (Å²) in [6, 6.07) is 14.7. The minimum Gasteiger partial charge on any atom is -0.491 e. The van der Waals surface area contributed by atoms with Crippen LogP contribution >= 0.6 is 11.8 Å². The fourth-order valence-corrected chi connectivity index (χ4v) is 3.62. The maximum absolute atomic E-state index is 11.4. The van der Waals surface area contributed by atoms with Crippen molar-refractivity contribution in [3.05, 3.63) is 65.5 Å². The number of methoxy groups -OCH3 is 1. The molecule has 0 saturated carbocycles. The minimum absolute atomic E-state index is 0.127. The zero-order valence-corrected chi connectivity index (χ0v) is 17.3. The van der Waals surface area contributed by atoms with Crippen LogP contribution in [0.5, 0.6) is 5.75 Å². The summed E-state index contributed by atoms with van der Waals surface area (Å²) in [5.41, 5.74) is 2.59. The maximum Gasteiger partial charge on any atom is 0.337 e. The van der Waals surface area contributed by atoms with Crippen LogP contribution in [0.25, 0.3) is 5.69 Å². The Labute approximate surface area is 173 Å². The van der Waals surface area contributed by atoms with E-state index in [-0.39, 0.29) is 6.61 Å². The highest BCUT2D eigenvalue weighted by molar-refractivity contribution is 7.99. The van der Waals surface area contributed by atoms with Gasteiger partial charge in [0.2, 0.25) is 0 Å². The molecule has 0 fully saturated rings. The number of aliphatic hydroxyl groups excluding tert-OH is 1. The van der Waals surface area contributed by atoms with E-state index in [4.69, 9.17) is 4.74 Å². The lowest BCUT2D eigenvalue weighted by molar-refractivity contribution is 0.0600. The van der Waals surface area contributed by atoms with E-state index in [2.05, 4.69) is 21.0 Å². The predicted molar refractivity (Wildman–Crippen MR) is 111 cm³/mol. The number of carbonyl (C=O) groups excluding carboxylic acids is 1. The molecule has 1 aromatic heterocycles. The lowest BCUT2D eigenvalue weighted by atomic mass is 10.2. The summed E-state index contributed by atoms with van der Waals surface area (Å²) in [6.45, 7) is 4.06. The van der Waals surface area contributed by atoms with Crippen molar-refractivity contribution >= 4 is 17.7 Å². The molecule has 29 heavy (non-hydrogen) atoms. The van der Waals surface area contributed by atoms with E-state index in [1.54, 1.807) is 24.3 Å². The van der Waals surface area contributed by atoms with Crippen LogP contribution in [-0.4, -0.2) is 51.4 Å². The van der Waals surface area contributed by atoms with Gasteiger partial charge in [-0.1, -0.05) is 23.9 Å². The van der Waals surface area contributed by atoms with Gasteiger partial charge in [-0.3, -0.25) is 4.57 Å². The van der Waals surface area contributed by atoms with Crippen molar-refractivity contribution in [2.45, 2.75) is 25.1 Å². The first-order chi connectivity index (χ1) is 14.0. The Hall–Kier alpha value is -2.84. The van der Waals surface area contributed by atoms with E-state index < -0.39 is 12.1 Å². The molecule has 0 aliphatic rings. The van der Waals surface area contributed by atoms with Crippen LogP contribution in [0.4, 0.5) is 0 Å². The highest BCUT2D eigenvalue weighted by Crippen LogP contribution is 2.23. The molecule has 3 aromatic rings. The molecule has 0 aliphatic carbocycles. The van der Waals surface area contributed by atoms with Crippen molar-refractivity contribution in [3.8, 4) is 11.4 Å². The Morgan fingerprint density at radius 3 is 2.62 bits per heavy atom. The van der Waals surface area contributed by atoms with E-state index >= 15 is 0 Å². The number of hydrogen-bond donors (Lipinski definition) is 1. The first kappa shape index (κ1) is 20.9. The number of ether oxygens (including phenoxy) is 2. The number of aryl methyl sites for hydroxylation is 2. The molecule has 3 rings (SSSR count). The van der Waals surface area contributed by atoms with Crippen molar-refractivity contribution in [2.75, 3.05) is 19.5 Å². The molecular weight excluding hydrogens is 390 g/mol. The van der Waals surface area contributed by atoms with Gasteiger partial charge in [0, 0.05) is 11.4 Å². The Morgan fingerprint density at radius 1 is 1.17 bits per heavy atom. The van der Waals surface area contributed by atoms with Gasteiger partial charge in [-0.15, -0.1) is 10.2 Å². The average Bonchev–Trinajstić information content (AvgIpc) is 3.10. The SMILES string of the molecule is COC(=O)c1ccc(OC[C@H](O)CSc2nnc(C)n2-c2cccc(C)c2)cc1. The molecule has 1 heterocycles. The molecule has 0 spiro atoms. The van der Waals surface area contributed by atoms with Crippen LogP contribution in [0.15, 0.2) is 53.7 Å². The molecule has 8 heteroatoms. The number of esters is 1. The molecule has 7 nitrogen and oxygen atoms in total. The second-order valence-corrected chi connectivity index (χ2v) is 7.48. The summed E-state index contributed by atoms with van der Waals surface area (Å²) < 4.78 is 12.2. The molecule has 0 bridgehead atoms. The number of hydrogen-bond acceptors (Lipinski definition) is 7. The fraction of sp³-hybridized carbons (Fsp3) is 0.286. The molecule has 0 amide bonds. The molecule has 152 valence electrons. The minimum atomic E-state index is -0.691. The monoisotopic (exact) mass is 413 g/mol. The van der Waals surface area contributed by atoms with Gasteiger partial charge in [0.1, 0.15) is 18.2 Å². The maximum atomic E-state index is 11.4. The smallest absolute Gasteiger partial charge is 0.337 e. The first-order valence-electron chi connectivity index (χ1n) is 9.09. The number of benzene rings is 2. The highest BCUT2D eigenvalue weighted by atomic mass is 32.2. The number of rotatable bonds is 8. The number of carbonyl (C=O) groups is 1. The van der Waals surface area contributed by atoms with Gasteiger partial charge >= 0.3 is 5.97 Å². The third-order valence-corrected chi connectivity index (χ3v) is 5.25. The van der Waals surface area contributed by atoms with Crippen molar-refractivity contribution in [3.63, 3.8) is 0 Å². The zero-order chi connectivity index (χ0) is 20.8. The second-order valence-electron chi connectivity index (χ2n) is 6.50. The van der Waals surface area contributed by atoms with Crippen LogP contribution in [0, 0.1) is 13.8 Å². The second kappa shape index (κ2) is 9.58. The van der Waals surface area contributed by atoms with Gasteiger partial charge in [0.15, 0.2) is 5.16 Å². The summed E-state index contributed by atoms with van der Waals surface area (Å²) in [7, 11) is 1.34. The third kappa shape index (κ3) is 5.36. The zero-order valence-electron chi connectivity index (χ0n) is 16.5. The summed E-state index contributed by atoms with van der Waals surface area (Å²) in [5.74, 6) is 1.36. The number of thioether (sulfide) groups is 1. The largest absolute Gasteiger partial charge is 0.491 e. The van der Waals surface area contributed by atoms with Gasteiger partial charge in [-0.2, -0.15) is 0 Å². The normalized spacial score (nSPS) is 11.9.